The maximum absolute atomic E-state index is 12.0. The number of amides is 1. The highest BCUT2D eigenvalue weighted by Crippen LogP contribution is 2.34. The molecule has 0 radical (unpaired) electrons. The van der Waals surface area contributed by atoms with E-state index in [2.05, 4.69) is 15.3 Å². The molecular weight excluding hydrogens is 244 g/mol. The number of hydrogen-bond donors (Lipinski definition) is 2. The summed E-state index contributed by atoms with van der Waals surface area (Å²) in [6.07, 6.45) is 8.28. The van der Waals surface area contributed by atoms with Crippen LogP contribution in [0.3, 0.4) is 0 Å². The van der Waals surface area contributed by atoms with Gasteiger partial charge in [0.15, 0.2) is 0 Å². The number of aromatic nitrogens is 3. The smallest absolute Gasteiger partial charge is 0.253 e. The Balaban J connectivity index is 1.74. The van der Waals surface area contributed by atoms with Crippen LogP contribution in [0.1, 0.15) is 23.2 Å². The minimum absolute atomic E-state index is 0.0146. The monoisotopic (exact) mass is 258 g/mol. The molecule has 98 valence electrons. The average molecular weight is 258 g/mol. The van der Waals surface area contributed by atoms with Gasteiger partial charge in [0.05, 0.1) is 17.7 Å². The molecule has 0 atom stereocenters. The SMILES string of the molecule is O=C(NC1(CO)CC1)c1ccc(-n2ccnc2)nc1. The molecule has 2 N–H and O–H groups in total. The van der Waals surface area contributed by atoms with Crippen molar-refractivity contribution in [1.82, 2.24) is 19.9 Å². The Labute approximate surface area is 110 Å². The minimum Gasteiger partial charge on any atom is -0.394 e. The zero-order chi connectivity index (χ0) is 13.3. The Morgan fingerprint density at radius 3 is 2.84 bits per heavy atom. The number of hydrogen-bond acceptors (Lipinski definition) is 4. The van der Waals surface area contributed by atoms with E-state index in [1.54, 1.807) is 35.4 Å². The second-order valence-electron chi connectivity index (χ2n) is 4.77. The summed E-state index contributed by atoms with van der Waals surface area (Å²) in [5.74, 6) is 0.508. The van der Waals surface area contributed by atoms with Crippen molar-refractivity contribution in [3.05, 3.63) is 42.6 Å². The van der Waals surface area contributed by atoms with Crippen LogP contribution in [0, 0.1) is 0 Å². The van der Waals surface area contributed by atoms with Crippen LogP contribution in [0.25, 0.3) is 5.82 Å². The van der Waals surface area contributed by atoms with Crippen LogP contribution >= 0.6 is 0 Å². The summed E-state index contributed by atoms with van der Waals surface area (Å²) in [4.78, 5) is 20.1. The van der Waals surface area contributed by atoms with Gasteiger partial charge < -0.3 is 10.4 Å². The van der Waals surface area contributed by atoms with Gasteiger partial charge in [0.25, 0.3) is 5.91 Å². The number of nitrogens with zero attached hydrogens (tertiary/aromatic N) is 3. The third-order valence-electron chi connectivity index (χ3n) is 3.31. The van der Waals surface area contributed by atoms with Gasteiger partial charge in [-0.1, -0.05) is 0 Å². The number of carbonyl (C=O) groups excluding carboxylic acids is 1. The van der Waals surface area contributed by atoms with Gasteiger partial charge in [0.1, 0.15) is 12.1 Å². The van der Waals surface area contributed by atoms with E-state index in [9.17, 15) is 9.90 Å². The maximum atomic E-state index is 12.0. The lowest BCUT2D eigenvalue weighted by molar-refractivity contribution is 0.0906. The van der Waals surface area contributed by atoms with Crippen LogP contribution in [0.4, 0.5) is 0 Å². The van der Waals surface area contributed by atoms with Gasteiger partial charge in [-0.25, -0.2) is 9.97 Å². The van der Waals surface area contributed by atoms with Crippen LogP contribution < -0.4 is 5.32 Å². The molecule has 1 saturated carbocycles. The molecule has 0 bridgehead atoms. The fraction of sp³-hybridized carbons (Fsp3) is 0.308. The van der Waals surface area contributed by atoms with Gasteiger partial charge in [0, 0.05) is 18.6 Å². The predicted molar refractivity (Wildman–Crippen MR) is 67.9 cm³/mol. The second kappa shape index (κ2) is 4.47. The Morgan fingerprint density at radius 1 is 1.47 bits per heavy atom. The van der Waals surface area contributed by atoms with Crippen LogP contribution in [0.5, 0.6) is 0 Å². The van der Waals surface area contributed by atoms with E-state index in [-0.39, 0.29) is 12.5 Å². The molecule has 19 heavy (non-hydrogen) atoms. The fourth-order valence-corrected chi connectivity index (χ4v) is 1.85. The van der Waals surface area contributed by atoms with Gasteiger partial charge in [-0.05, 0) is 25.0 Å². The molecular formula is C13H14N4O2. The first-order valence-corrected chi connectivity index (χ1v) is 6.10. The van der Waals surface area contributed by atoms with E-state index in [0.29, 0.717) is 11.4 Å². The number of imidazole rings is 1. The molecule has 0 aliphatic heterocycles. The van der Waals surface area contributed by atoms with E-state index in [1.807, 2.05) is 0 Å². The van der Waals surface area contributed by atoms with Crippen LogP contribution in [-0.2, 0) is 0 Å². The number of aliphatic hydroxyl groups is 1. The molecule has 0 unspecified atom stereocenters. The minimum atomic E-state index is -0.403. The van der Waals surface area contributed by atoms with E-state index in [1.165, 1.54) is 6.20 Å². The molecule has 0 saturated heterocycles. The lowest BCUT2D eigenvalue weighted by Gasteiger charge is -2.14. The van der Waals surface area contributed by atoms with Gasteiger partial charge >= 0.3 is 0 Å². The second-order valence-corrected chi connectivity index (χ2v) is 4.77. The zero-order valence-corrected chi connectivity index (χ0v) is 10.3. The normalized spacial score (nSPS) is 16.1. The van der Waals surface area contributed by atoms with Crippen molar-refractivity contribution in [2.24, 2.45) is 0 Å². The lowest BCUT2D eigenvalue weighted by atomic mass is 10.2. The van der Waals surface area contributed by atoms with Crippen LogP contribution in [0.15, 0.2) is 37.1 Å². The summed E-state index contributed by atoms with van der Waals surface area (Å²) in [5, 5.41) is 12.0. The number of pyridine rings is 1. The molecule has 1 amide bonds. The maximum Gasteiger partial charge on any atom is 0.253 e. The fourth-order valence-electron chi connectivity index (χ4n) is 1.85. The van der Waals surface area contributed by atoms with Crippen molar-refractivity contribution < 1.29 is 9.90 Å². The third kappa shape index (κ3) is 2.34. The Kier molecular flexibility index (Phi) is 2.79. The van der Waals surface area contributed by atoms with Gasteiger partial charge in [0.2, 0.25) is 0 Å². The summed E-state index contributed by atoms with van der Waals surface area (Å²) in [6.45, 7) is -0.0146. The number of nitrogens with one attached hydrogen (secondary N) is 1. The van der Waals surface area contributed by atoms with Crippen molar-refractivity contribution in [2.45, 2.75) is 18.4 Å². The highest BCUT2D eigenvalue weighted by molar-refractivity contribution is 5.94. The summed E-state index contributed by atoms with van der Waals surface area (Å²) in [5.41, 5.74) is 0.0868. The predicted octanol–water partition coefficient (Wildman–Crippen LogP) is 0.522. The first-order chi connectivity index (χ1) is 9.22. The molecule has 1 aliphatic rings. The highest BCUT2D eigenvalue weighted by Gasteiger charge is 2.43. The molecule has 6 nitrogen and oxygen atoms in total. The largest absolute Gasteiger partial charge is 0.394 e. The van der Waals surface area contributed by atoms with Gasteiger partial charge in [-0.2, -0.15) is 0 Å². The van der Waals surface area contributed by atoms with E-state index in [4.69, 9.17) is 0 Å². The topological polar surface area (TPSA) is 80.0 Å². The molecule has 2 heterocycles. The molecule has 3 rings (SSSR count). The third-order valence-corrected chi connectivity index (χ3v) is 3.31. The summed E-state index contributed by atoms with van der Waals surface area (Å²) in [6, 6.07) is 3.47. The van der Waals surface area contributed by atoms with Crippen molar-refractivity contribution in [3.63, 3.8) is 0 Å². The number of rotatable bonds is 4. The number of aliphatic hydroxyl groups excluding tert-OH is 1. The summed E-state index contributed by atoms with van der Waals surface area (Å²) >= 11 is 0. The Morgan fingerprint density at radius 2 is 2.32 bits per heavy atom. The summed E-state index contributed by atoms with van der Waals surface area (Å²) in [7, 11) is 0. The van der Waals surface area contributed by atoms with Crippen molar-refractivity contribution >= 4 is 5.91 Å². The quantitative estimate of drug-likeness (QED) is 0.838. The summed E-state index contributed by atoms with van der Waals surface area (Å²) < 4.78 is 1.76. The first-order valence-electron chi connectivity index (χ1n) is 6.10. The molecule has 0 aromatic carbocycles. The van der Waals surface area contributed by atoms with Gasteiger partial charge in [-0.15, -0.1) is 0 Å². The zero-order valence-electron chi connectivity index (χ0n) is 10.3. The molecule has 2 aromatic rings. The lowest BCUT2D eigenvalue weighted by Crippen LogP contribution is -2.39. The molecule has 6 heteroatoms. The highest BCUT2D eigenvalue weighted by atomic mass is 16.3. The molecule has 1 fully saturated rings. The van der Waals surface area contributed by atoms with Crippen LogP contribution in [-0.4, -0.2) is 37.7 Å². The van der Waals surface area contributed by atoms with E-state index >= 15 is 0 Å². The Hall–Kier alpha value is -2.21. The first kappa shape index (κ1) is 11.9. The van der Waals surface area contributed by atoms with E-state index < -0.39 is 5.54 Å². The van der Waals surface area contributed by atoms with Crippen molar-refractivity contribution in [3.8, 4) is 5.82 Å². The van der Waals surface area contributed by atoms with Crippen molar-refractivity contribution in [1.29, 1.82) is 0 Å². The standard InChI is InChI=1S/C13H14N4O2/c18-8-13(3-4-13)16-12(19)10-1-2-11(15-7-10)17-6-5-14-9-17/h1-2,5-7,9,18H,3-4,8H2,(H,16,19). The Bertz CT molecular complexity index is 573. The van der Waals surface area contributed by atoms with E-state index in [0.717, 1.165) is 12.8 Å². The molecule has 2 aromatic heterocycles. The van der Waals surface area contributed by atoms with Gasteiger partial charge in [-0.3, -0.25) is 9.36 Å². The van der Waals surface area contributed by atoms with Crippen molar-refractivity contribution in [2.75, 3.05) is 6.61 Å². The average Bonchev–Trinajstić information content (AvgIpc) is 3.01. The molecule has 0 spiro atoms. The number of carbonyl (C=O) groups is 1. The molecule has 1 aliphatic carbocycles. The van der Waals surface area contributed by atoms with Crippen LogP contribution in [0.2, 0.25) is 0 Å².